The van der Waals surface area contributed by atoms with Crippen LogP contribution in [-0.4, -0.2) is 27.4 Å². The number of alkyl halides is 2. The van der Waals surface area contributed by atoms with Crippen molar-refractivity contribution < 1.29 is 18.5 Å². The van der Waals surface area contributed by atoms with Crippen molar-refractivity contribution in [3.63, 3.8) is 0 Å². The van der Waals surface area contributed by atoms with Crippen molar-refractivity contribution in [1.29, 1.82) is 5.26 Å². The van der Waals surface area contributed by atoms with Gasteiger partial charge in [0.1, 0.15) is 5.69 Å². The summed E-state index contributed by atoms with van der Waals surface area (Å²) in [5, 5.41) is 24.0. The zero-order valence-electron chi connectivity index (χ0n) is 17.1. The van der Waals surface area contributed by atoms with E-state index in [0.29, 0.717) is 22.3 Å². The van der Waals surface area contributed by atoms with Crippen LogP contribution in [-0.2, 0) is 6.54 Å². The SMILES string of the molecule is N#Cc1ccc2cc(C(=O)NC3CCC(F)(F)CC3)n(Cc3cccc([N+](=O)[O-])c3)c2c1. The van der Waals surface area contributed by atoms with Crippen LogP contribution < -0.4 is 5.32 Å². The van der Waals surface area contributed by atoms with Crippen LogP contribution in [0.4, 0.5) is 14.5 Å². The van der Waals surface area contributed by atoms with Crippen molar-refractivity contribution in [3.05, 3.63) is 75.5 Å². The number of aromatic nitrogens is 1. The summed E-state index contributed by atoms with van der Waals surface area (Å²) < 4.78 is 28.6. The molecule has 7 nitrogen and oxygen atoms in total. The zero-order chi connectivity index (χ0) is 22.9. The second kappa shape index (κ2) is 8.38. The number of carbonyl (C=O) groups excluding carboxylic acids is 1. The molecule has 1 aliphatic carbocycles. The molecular weight excluding hydrogens is 418 g/mol. The molecule has 0 aliphatic heterocycles. The van der Waals surface area contributed by atoms with Crippen molar-refractivity contribution in [2.45, 2.75) is 44.2 Å². The van der Waals surface area contributed by atoms with Gasteiger partial charge in [-0.25, -0.2) is 8.78 Å². The Bertz CT molecular complexity index is 1240. The Hall–Kier alpha value is -3.80. The Kier molecular flexibility index (Phi) is 5.61. The molecule has 1 saturated carbocycles. The molecule has 1 amide bonds. The first-order chi connectivity index (χ1) is 15.3. The van der Waals surface area contributed by atoms with E-state index in [1.807, 2.05) is 0 Å². The number of benzene rings is 2. The smallest absolute Gasteiger partial charge is 0.269 e. The number of nitro groups is 1. The van der Waals surface area contributed by atoms with Crippen LogP contribution in [0.1, 0.15) is 47.3 Å². The number of nitrogens with zero attached hydrogens (tertiary/aromatic N) is 3. The number of hydrogen-bond acceptors (Lipinski definition) is 4. The number of hydrogen-bond donors (Lipinski definition) is 1. The molecule has 0 unspecified atom stereocenters. The molecule has 0 spiro atoms. The average Bonchev–Trinajstić information content (AvgIpc) is 3.13. The lowest BCUT2D eigenvalue weighted by molar-refractivity contribution is -0.384. The van der Waals surface area contributed by atoms with Crippen molar-refractivity contribution in [2.75, 3.05) is 0 Å². The topological polar surface area (TPSA) is 101 Å². The second-order valence-corrected chi connectivity index (χ2v) is 8.03. The third-order valence-corrected chi connectivity index (χ3v) is 5.78. The van der Waals surface area contributed by atoms with Crippen LogP contribution in [0.25, 0.3) is 10.9 Å². The fraction of sp³-hybridized carbons (Fsp3) is 0.304. The minimum absolute atomic E-state index is 0.0641. The van der Waals surface area contributed by atoms with Gasteiger partial charge in [0.2, 0.25) is 5.92 Å². The average molecular weight is 438 g/mol. The summed E-state index contributed by atoms with van der Waals surface area (Å²) in [5.41, 5.74) is 1.91. The Balaban J connectivity index is 1.69. The van der Waals surface area contributed by atoms with Crippen LogP contribution in [0.5, 0.6) is 0 Å². The van der Waals surface area contributed by atoms with E-state index >= 15 is 0 Å². The van der Waals surface area contributed by atoms with Gasteiger partial charge >= 0.3 is 0 Å². The summed E-state index contributed by atoms with van der Waals surface area (Å²) in [5.74, 6) is -3.09. The third kappa shape index (κ3) is 4.44. The third-order valence-electron chi connectivity index (χ3n) is 5.78. The van der Waals surface area contributed by atoms with Gasteiger partial charge in [-0.1, -0.05) is 18.2 Å². The molecule has 3 aromatic rings. The Morgan fingerprint density at radius 1 is 1.22 bits per heavy atom. The van der Waals surface area contributed by atoms with E-state index in [4.69, 9.17) is 0 Å². The summed E-state index contributed by atoms with van der Waals surface area (Å²) in [6.07, 6.45) is -0.134. The van der Waals surface area contributed by atoms with Gasteiger partial charge in [-0.2, -0.15) is 5.26 Å². The molecule has 1 heterocycles. The van der Waals surface area contributed by atoms with Gasteiger partial charge in [0.25, 0.3) is 11.6 Å². The molecule has 164 valence electrons. The molecule has 0 bridgehead atoms. The first kappa shape index (κ1) is 21.4. The van der Waals surface area contributed by atoms with Crippen LogP contribution in [0, 0.1) is 21.4 Å². The molecule has 32 heavy (non-hydrogen) atoms. The summed E-state index contributed by atoms with van der Waals surface area (Å²) in [7, 11) is 0. The van der Waals surface area contributed by atoms with E-state index < -0.39 is 16.8 Å². The maximum absolute atomic E-state index is 13.5. The number of carbonyl (C=O) groups is 1. The van der Waals surface area contributed by atoms with Crippen molar-refractivity contribution in [2.24, 2.45) is 0 Å². The van der Waals surface area contributed by atoms with E-state index in [0.717, 1.165) is 5.39 Å². The maximum atomic E-state index is 13.5. The Labute approximate surface area is 182 Å². The number of nitriles is 1. The quantitative estimate of drug-likeness (QED) is 0.458. The highest BCUT2D eigenvalue weighted by Gasteiger charge is 2.35. The number of nitrogens with one attached hydrogen (secondary N) is 1. The van der Waals surface area contributed by atoms with Gasteiger partial charge < -0.3 is 9.88 Å². The van der Waals surface area contributed by atoms with Gasteiger partial charge in [-0.05, 0) is 36.6 Å². The number of amides is 1. The standard InChI is InChI=1S/C23H20F2N4O3/c24-23(25)8-6-18(7-9-23)27-22(30)21-12-17-5-4-15(13-26)11-20(17)28(21)14-16-2-1-3-19(10-16)29(31)32/h1-5,10-12,18H,6-9,14H2,(H,27,30). The fourth-order valence-corrected chi connectivity index (χ4v) is 4.08. The minimum Gasteiger partial charge on any atom is -0.348 e. The largest absolute Gasteiger partial charge is 0.348 e. The maximum Gasteiger partial charge on any atom is 0.269 e. The van der Waals surface area contributed by atoms with E-state index in [-0.39, 0.29) is 44.0 Å². The van der Waals surface area contributed by atoms with Crippen LogP contribution in [0.3, 0.4) is 0 Å². The molecule has 1 aromatic heterocycles. The second-order valence-electron chi connectivity index (χ2n) is 8.03. The van der Waals surface area contributed by atoms with Gasteiger partial charge in [0.15, 0.2) is 0 Å². The normalized spacial score (nSPS) is 15.9. The van der Waals surface area contributed by atoms with E-state index in [2.05, 4.69) is 11.4 Å². The fourth-order valence-electron chi connectivity index (χ4n) is 4.08. The summed E-state index contributed by atoms with van der Waals surface area (Å²) in [4.78, 5) is 23.7. The highest BCUT2D eigenvalue weighted by atomic mass is 19.3. The molecule has 0 radical (unpaired) electrons. The van der Waals surface area contributed by atoms with Gasteiger partial charge in [-0.3, -0.25) is 14.9 Å². The number of non-ortho nitro benzene ring substituents is 1. The molecule has 4 rings (SSSR count). The lowest BCUT2D eigenvalue weighted by Crippen LogP contribution is -2.40. The molecule has 1 fully saturated rings. The number of fused-ring (bicyclic) bond motifs is 1. The molecule has 2 aromatic carbocycles. The summed E-state index contributed by atoms with van der Waals surface area (Å²) in [6.45, 7) is 0.172. The first-order valence-electron chi connectivity index (χ1n) is 10.2. The van der Waals surface area contributed by atoms with Crippen LogP contribution >= 0.6 is 0 Å². The lowest BCUT2D eigenvalue weighted by Gasteiger charge is -2.28. The predicted molar refractivity (Wildman–Crippen MR) is 114 cm³/mol. The molecule has 0 saturated heterocycles. The predicted octanol–water partition coefficient (Wildman–Crippen LogP) is 4.78. The monoisotopic (exact) mass is 438 g/mol. The highest BCUT2D eigenvalue weighted by molar-refractivity contribution is 5.99. The number of nitro benzene ring substituents is 1. The first-order valence-corrected chi connectivity index (χ1v) is 10.2. The molecule has 0 atom stereocenters. The van der Waals surface area contributed by atoms with Crippen LogP contribution in [0.2, 0.25) is 0 Å². The highest BCUT2D eigenvalue weighted by Crippen LogP contribution is 2.33. The summed E-state index contributed by atoms with van der Waals surface area (Å²) >= 11 is 0. The van der Waals surface area contributed by atoms with Crippen molar-refractivity contribution >= 4 is 22.5 Å². The van der Waals surface area contributed by atoms with Gasteiger partial charge in [0.05, 0.1) is 22.1 Å². The number of rotatable bonds is 5. The van der Waals surface area contributed by atoms with E-state index in [9.17, 15) is 29.0 Å². The Morgan fingerprint density at radius 3 is 2.66 bits per heavy atom. The van der Waals surface area contributed by atoms with Crippen LogP contribution in [0.15, 0.2) is 48.5 Å². The molecular formula is C23H20F2N4O3. The minimum atomic E-state index is -2.69. The molecule has 1 N–H and O–H groups in total. The Morgan fingerprint density at radius 2 is 1.97 bits per heavy atom. The van der Waals surface area contributed by atoms with Crippen molar-refractivity contribution in [1.82, 2.24) is 9.88 Å². The summed E-state index contributed by atoms with van der Waals surface area (Å²) in [6, 6.07) is 14.6. The van der Waals surface area contributed by atoms with Gasteiger partial charge in [0, 0.05) is 42.9 Å². The zero-order valence-corrected chi connectivity index (χ0v) is 17.1. The van der Waals surface area contributed by atoms with Gasteiger partial charge in [-0.15, -0.1) is 0 Å². The van der Waals surface area contributed by atoms with Crippen molar-refractivity contribution in [3.8, 4) is 6.07 Å². The molecule has 1 aliphatic rings. The number of halogens is 2. The van der Waals surface area contributed by atoms with E-state index in [1.165, 1.54) is 12.1 Å². The lowest BCUT2D eigenvalue weighted by atomic mass is 9.92. The van der Waals surface area contributed by atoms with E-state index in [1.54, 1.807) is 41.0 Å². The molecule has 9 heteroatoms.